The molecule has 5 rings (SSSR count). The Balaban J connectivity index is 1.68. The first-order chi connectivity index (χ1) is 14.8. The second-order valence-electron chi connectivity index (χ2n) is 7.12. The molecule has 0 unspecified atom stereocenters. The number of aromatic amines is 1. The van der Waals surface area contributed by atoms with Gasteiger partial charge in [-0.3, -0.25) is 5.10 Å². The smallest absolute Gasteiger partial charge is 0.155 e. The van der Waals surface area contributed by atoms with Crippen LogP contribution in [-0.2, 0) is 4.74 Å². The summed E-state index contributed by atoms with van der Waals surface area (Å²) >= 11 is 0. The summed E-state index contributed by atoms with van der Waals surface area (Å²) in [4.78, 5) is 11.6. The molecule has 3 N–H and O–H groups in total. The highest BCUT2D eigenvalue weighted by molar-refractivity contribution is 6.05. The molecule has 7 heteroatoms. The van der Waals surface area contributed by atoms with E-state index < -0.39 is 0 Å². The second-order valence-corrected chi connectivity index (χ2v) is 7.12. The standard InChI is InChI=1S/C23H22N6O/c24-22(25-17-9-5-2-6-10-17)19-15-18-20(16-7-3-1-4-8-16)27-28-21(18)23(26-19)29-11-13-30-14-12-29/h1-10,15H,11-14H2,(H2,24,25)(H,27,28). The van der Waals surface area contributed by atoms with Gasteiger partial charge in [0.15, 0.2) is 5.82 Å². The molecule has 0 bridgehead atoms. The summed E-state index contributed by atoms with van der Waals surface area (Å²) in [6.07, 6.45) is 0. The van der Waals surface area contributed by atoms with Gasteiger partial charge in [-0.2, -0.15) is 5.10 Å². The van der Waals surface area contributed by atoms with E-state index in [0.717, 1.165) is 46.8 Å². The Kier molecular flexibility index (Phi) is 4.86. The number of nitrogens with zero attached hydrogens (tertiary/aromatic N) is 4. The van der Waals surface area contributed by atoms with Crippen molar-refractivity contribution in [3.05, 3.63) is 72.4 Å². The molecule has 30 heavy (non-hydrogen) atoms. The number of morpholine rings is 1. The molecular formula is C23H22N6O. The van der Waals surface area contributed by atoms with Crippen molar-refractivity contribution in [1.82, 2.24) is 15.2 Å². The van der Waals surface area contributed by atoms with Crippen molar-refractivity contribution in [2.45, 2.75) is 0 Å². The van der Waals surface area contributed by atoms with Gasteiger partial charge in [-0.05, 0) is 18.2 Å². The van der Waals surface area contributed by atoms with Gasteiger partial charge in [0.25, 0.3) is 0 Å². The number of benzene rings is 2. The number of ether oxygens (including phenoxy) is 1. The van der Waals surface area contributed by atoms with E-state index in [1.165, 1.54) is 0 Å². The molecule has 0 aliphatic carbocycles. The fraction of sp³-hybridized carbons (Fsp3) is 0.174. The summed E-state index contributed by atoms with van der Waals surface area (Å²) in [7, 11) is 0. The first kappa shape index (κ1) is 18.3. The summed E-state index contributed by atoms with van der Waals surface area (Å²) in [6.45, 7) is 2.86. The van der Waals surface area contributed by atoms with Crippen LogP contribution in [0.25, 0.3) is 22.2 Å². The Morgan fingerprint density at radius 1 is 1.00 bits per heavy atom. The van der Waals surface area contributed by atoms with Crippen molar-refractivity contribution in [2.75, 3.05) is 31.2 Å². The quantitative estimate of drug-likeness (QED) is 0.405. The van der Waals surface area contributed by atoms with Gasteiger partial charge in [0.1, 0.15) is 22.7 Å². The van der Waals surface area contributed by atoms with Crippen molar-refractivity contribution < 1.29 is 4.74 Å². The van der Waals surface area contributed by atoms with E-state index in [9.17, 15) is 0 Å². The first-order valence-electron chi connectivity index (χ1n) is 9.96. The van der Waals surface area contributed by atoms with Crippen molar-refractivity contribution in [1.29, 1.82) is 0 Å². The molecule has 4 aromatic rings. The average molecular weight is 398 g/mol. The maximum Gasteiger partial charge on any atom is 0.155 e. The molecule has 1 saturated heterocycles. The average Bonchev–Trinajstić information content (AvgIpc) is 3.24. The molecule has 1 fully saturated rings. The third-order valence-electron chi connectivity index (χ3n) is 5.16. The zero-order valence-corrected chi connectivity index (χ0v) is 16.5. The van der Waals surface area contributed by atoms with Crippen molar-refractivity contribution >= 4 is 28.2 Å². The fourth-order valence-corrected chi connectivity index (χ4v) is 3.65. The number of rotatable bonds is 4. The van der Waals surface area contributed by atoms with Crippen molar-refractivity contribution in [3.8, 4) is 11.3 Å². The lowest BCUT2D eigenvalue weighted by Crippen LogP contribution is -2.37. The lowest BCUT2D eigenvalue weighted by atomic mass is 10.1. The number of hydrogen-bond donors (Lipinski definition) is 2. The Hall–Kier alpha value is -3.71. The Bertz CT molecular complexity index is 1180. The first-order valence-corrected chi connectivity index (χ1v) is 9.96. The van der Waals surface area contributed by atoms with Crippen LogP contribution in [0.15, 0.2) is 71.7 Å². The van der Waals surface area contributed by atoms with Crippen LogP contribution in [0.3, 0.4) is 0 Å². The molecule has 3 heterocycles. The summed E-state index contributed by atoms with van der Waals surface area (Å²) in [5.74, 6) is 1.20. The van der Waals surface area contributed by atoms with Crippen LogP contribution in [0.2, 0.25) is 0 Å². The molecule has 1 aliphatic rings. The molecule has 2 aromatic heterocycles. The second kappa shape index (κ2) is 7.96. The number of aromatic nitrogens is 3. The number of H-pyrrole nitrogens is 1. The summed E-state index contributed by atoms with van der Waals surface area (Å²) in [5, 5.41) is 8.77. The minimum Gasteiger partial charge on any atom is -0.382 e. The topological polar surface area (TPSA) is 92.4 Å². The van der Waals surface area contributed by atoms with Crippen LogP contribution in [0, 0.1) is 0 Å². The number of aliphatic imine (C=N–C) groups is 1. The zero-order valence-electron chi connectivity index (χ0n) is 16.5. The van der Waals surface area contributed by atoms with Crippen LogP contribution < -0.4 is 10.6 Å². The van der Waals surface area contributed by atoms with Gasteiger partial charge in [0.2, 0.25) is 0 Å². The number of amidine groups is 1. The largest absolute Gasteiger partial charge is 0.382 e. The third-order valence-corrected chi connectivity index (χ3v) is 5.16. The fourth-order valence-electron chi connectivity index (χ4n) is 3.65. The number of anilines is 1. The summed E-state index contributed by atoms with van der Waals surface area (Å²) < 4.78 is 5.52. The van der Waals surface area contributed by atoms with Gasteiger partial charge < -0.3 is 15.4 Å². The highest BCUT2D eigenvalue weighted by Crippen LogP contribution is 2.32. The van der Waals surface area contributed by atoms with Gasteiger partial charge in [0, 0.05) is 24.0 Å². The maximum absolute atomic E-state index is 6.39. The zero-order chi connectivity index (χ0) is 20.3. The van der Waals surface area contributed by atoms with Crippen LogP contribution >= 0.6 is 0 Å². The molecule has 0 atom stereocenters. The number of nitrogens with one attached hydrogen (secondary N) is 1. The number of fused-ring (bicyclic) bond motifs is 1. The van der Waals surface area contributed by atoms with E-state index in [-0.39, 0.29) is 0 Å². The molecule has 0 amide bonds. The van der Waals surface area contributed by atoms with Crippen LogP contribution in [0.4, 0.5) is 11.5 Å². The molecule has 150 valence electrons. The van der Waals surface area contributed by atoms with E-state index >= 15 is 0 Å². The molecule has 1 aliphatic heterocycles. The Labute approximate surface area is 174 Å². The van der Waals surface area contributed by atoms with Crippen LogP contribution in [-0.4, -0.2) is 47.3 Å². The molecule has 2 aromatic carbocycles. The molecular weight excluding hydrogens is 376 g/mol. The monoisotopic (exact) mass is 398 g/mol. The Morgan fingerprint density at radius 3 is 2.43 bits per heavy atom. The highest BCUT2D eigenvalue weighted by Gasteiger charge is 2.21. The van der Waals surface area contributed by atoms with E-state index in [1.807, 2.05) is 66.7 Å². The molecule has 7 nitrogen and oxygen atoms in total. The van der Waals surface area contributed by atoms with Gasteiger partial charge in [-0.25, -0.2) is 9.98 Å². The molecule has 0 saturated carbocycles. The van der Waals surface area contributed by atoms with Crippen molar-refractivity contribution in [3.63, 3.8) is 0 Å². The maximum atomic E-state index is 6.39. The predicted molar refractivity (Wildman–Crippen MR) is 119 cm³/mol. The van der Waals surface area contributed by atoms with Gasteiger partial charge in [-0.15, -0.1) is 0 Å². The van der Waals surface area contributed by atoms with Crippen LogP contribution in [0.1, 0.15) is 5.69 Å². The SMILES string of the molecule is NC(=Nc1ccccc1)c1cc2c(-c3ccccc3)n[nH]c2c(N2CCOCC2)n1. The van der Waals surface area contributed by atoms with E-state index in [2.05, 4.69) is 20.1 Å². The predicted octanol–water partition coefficient (Wildman–Crippen LogP) is 3.50. The van der Waals surface area contributed by atoms with Gasteiger partial charge >= 0.3 is 0 Å². The molecule has 0 spiro atoms. The van der Waals surface area contributed by atoms with Gasteiger partial charge in [0.05, 0.1) is 18.9 Å². The minimum atomic E-state index is 0.373. The number of nitrogens with two attached hydrogens (primary N) is 1. The number of pyridine rings is 1. The number of hydrogen-bond acceptors (Lipinski definition) is 5. The van der Waals surface area contributed by atoms with E-state index in [1.54, 1.807) is 0 Å². The Morgan fingerprint density at radius 2 is 1.70 bits per heavy atom. The van der Waals surface area contributed by atoms with Crippen LogP contribution in [0.5, 0.6) is 0 Å². The highest BCUT2D eigenvalue weighted by atomic mass is 16.5. The summed E-state index contributed by atoms with van der Waals surface area (Å²) in [6, 6.07) is 21.7. The minimum absolute atomic E-state index is 0.373. The molecule has 0 radical (unpaired) electrons. The number of para-hydroxylation sites is 1. The van der Waals surface area contributed by atoms with Gasteiger partial charge in [-0.1, -0.05) is 48.5 Å². The third kappa shape index (κ3) is 3.51. The lowest BCUT2D eigenvalue weighted by Gasteiger charge is -2.28. The van der Waals surface area contributed by atoms with E-state index in [4.69, 9.17) is 15.5 Å². The summed E-state index contributed by atoms with van der Waals surface area (Å²) in [5.41, 5.74) is 10.6. The van der Waals surface area contributed by atoms with E-state index in [0.29, 0.717) is 24.7 Å². The normalized spacial score (nSPS) is 14.9. The van der Waals surface area contributed by atoms with Crippen molar-refractivity contribution in [2.24, 2.45) is 10.7 Å². The lowest BCUT2D eigenvalue weighted by molar-refractivity contribution is 0.122.